The summed E-state index contributed by atoms with van der Waals surface area (Å²) < 4.78 is 0. The predicted molar refractivity (Wildman–Crippen MR) is 197 cm³/mol. The van der Waals surface area contributed by atoms with Gasteiger partial charge in [0.1, 0.15) is 12.1 Å². The lowest BCUT2D eigenvalue weighted by molar-refractivity contribution is -0.183. The molecule has 1 heterocycles. The molecule has 7 heteroatoms. The van der Waals surface area contributed by atoms with E-state index in [2.05, 4.69) is 136 Å². The first-order valence-electron chi connectivity index (χ1n) is 18.5. The summed E-state index contributed by atoms with van der Waals surface area (Å²) in [4.78, 5) is 25.2. The predicted octanol–water partition coefficient (Wildman–Crippen LogP) is 6.61. The van der Waals surface area contributed by atoms with E-state index in [0.29, 0.717) is 29.7 Å². The van der Waals surface area contributed by atoms with Gasteiger partial charge >= 0.3 is 0 Å². The molecule has 0 radical (unpaired) electrons. The molecule has 7 atom stereocenters. The molecule has 2 bridgehead atoms. The van der Waals surface area contributed by atoms with Crippen LogP contribution in [0.25, 0.3) is 11.1 Å². The molecule has 1 amide bonds. The summed E-state index contributed by atoms with van der Waals surface area (Å²) >= 11 is 0. The van der Waals surface area contributed by atoms with Gasteiger partial charge < -0.3 is 15.3 Å². The van der Waals surface area contributed by atoms with Crippen LogP contribution in [0.3, 0.4) is 0 Å². The first-order chi connectivity index (χ1) is 23.6. The van der Waals surface area contributed by atoms with Crippen LogP contribution in [0.1, 0.15) is 63.6 Å². The molecule has 3 aromatic rings. The second kappa shape index (κ2) is 15.4. The number of aliphatic hydroxyl groups is 1. The summed E-state index contributed by atoms with van der Waals surface area (Å²) in [6, 6.07) is 27.8. The van der Waals surface area contributed by atoms with Gasteiger partial charge in [-0.05, 0) is 84.3 Å². The van der Waals surface area contributed by atoms with E-state index in [9.17, 15) is 9.90 Å². The van der Waals surface area contributed by atoms with E-state index in [1.807, 2.05) is 5.06 Å². The summed E-state index contributed by atoms with van der Waals surface area (Å²) in [5, 5.41) is 15.6. The maximum absolute atomic E-state index is 14.1. The van der Waals surface area contributed by atoms with Crippen LogP contribution in [0.2, 0.25) is 0 Å². The van der Waals surface area contributed by atoms with Crippen LogP contribution in [-0.4, -0.2) is 77.9 Å². The number of rotatable bonds is 14. The minimum atomic E-state index is -0.435. The third-order valence-electron chi connectivity index (χ3n) is 12.2. The van der Waals surface area contributed by atoms with E-state index in [4.69, 9.17) is 4.84 Å². The normalized spacial score (nSPS) is 27.7. The fourth-order valence-electron chi connectivity index (χ4n) is 9.08. The monoisotopic (exact) mass is 666 g/mol. The third kappa shape index (κ3) is 7.82. The van der Waals surface area contributed by atoms with Crippen molar-refractivity contribution in [2.75, 3.05) is 33.8 Å². The zero-order chi connectivity index (χ0) is 34.7. The Kier molecular flexibility index (Phi) is 11.3. The van der Waals surface area contributed by atoms with E-state index in [1.165, 1.54) is 28.7 Å². The first kappa shape index (κ1) is 35.7. The second-order valence-electron chi connectivity index (χ2n) is 15.8. The molecule has 4 aliphatic rings. The number of nitrogens with one attached hydrogen (secondary N) is 1. The standard InChI is InChI=1S/C42H58N4O3/c1-7-35-39(28-47)49-46(40(35)41(48)43-38-24-34-23-37(29(38)2)42(34,3)4)26-31-15-13-14-30(22-31)25-45(21-20-44(5)6)27-33-18-11-12-19-36(33)32-16-9-8-10-17-32/h8-19,22,29,34-35,37-40,47H,7,20-21,23-28H2,1-6H3,(H,43,48)/t29-,34+,35+,37-,38-,39-,40-/m0/s1. The molecule has 1 aliphatic heterocycles. The Bertz CT molecular complexity index is 1540. The van der Waals surface area contributed by atoms with Gasteiger partial charge in [0.05, 0.1) is 13.2 Å². The highest BCUT2D eigenvalue weighted by molar-refractivity contribution is 5.82. The van der Waals surface area contributed by atoms with Crippen molar-refractivity contribution in [1.82, 2.24) is 20.2 Å². The van der Waals surface area contributed by atoms with Gasteiger partial charge in [-0.1, -0.05) is 107 Å². The summed E-state index contributed by atoms with van der Waals surface area (Å²) in [7, 11) is 4.25. The Labute approximate surface area is 294 Å². The van der Waals surface area contributed by atoms with Gasteiger partial charge in [-0.2, -0.15) is 5.06 Å². The highest BCUT2D eigenvalue weighted by Crippen LogP contribution is 2.61. The molecule has 0 aromatic heterocycles. The van der Waals surface area contributed by atoms with Crippen LogP contribution in [0.4, 0.5) is 0 Å². The quantitative estimate of drug-likeness (QED) is 0.202. The van der Waals surface area contributed by atoms with E-state index in [-0.39, 0.29) is 30.6 Å². The molecule has 7 nitrogen and oxygen atoms in total. The molecule has 3 aromatic carbocycles. The number of hydroxylamine groups is 2. The number of likely N-dealkylation sites (N-methyl/N-ethyl adjacent to an activating group) is 1. The van der Waals surface area contributed by atoms with E-state index >= 15 is 0 Å². The van der Waals surface area contributed by atoms with E-state index < -0.39 is 6.04 Å². The summed E-state index contributed by atoms with van der Waals surface area (Å²) in [5.74, 6) is 1.77. The Hall–Kier alpha value is -3.07. The molecule has 1 saturated heterocycles. The van der Waals surface area contributed by atoms with Gasteiger partial charge in [0.25, 0.3) is 0 Å². The van der Waals surface area contributed by atoms with Gasteiger partial charge in [0.15, 0.2) is 0 Å². The fourth-order valence-corrected chi connectivity index (χ4v) is 9.08. The minimum absolute atomic E-state index is 0.0434. The molecule has 2 N–H and O–H groups in total. The molecule has 0 spiro atoms. The lowest BCUT2D eigenvalue weighted by atomic mass is 9.45. The van der Waals surface area contributed by atoms with Gasteiger partial charge in [-0.15, -0.1) is 0 Å². The van der Waals surface area contributed by atoms with Crippen molar-refractivity contribution in [2.45, 2.75) is 84.8 Å². The Balaban J connectivity index is 1.17. The highest BCUT2D eigenvalue weighted by Gasteiger charge is 2.57. The molecule has 49 heavy (non-hydrogen) atoms. The lowest BCUT2D eigenvalue weighted by Gasteiger charge is -2.62. The van der Waals surface area contributed by atoms with Crippen LogP contribution in [0.5, 0.6) is 0 Å². The maximum Gasteiger partial charge on any atom is 0.240 e. The SMILES string of the molecule is CC[C@@H]1[C@H](CO)ON(Cc2cccc(CN(CCN(C)C)Cc3ccccc3-c3ccccc3)c2)[C@@H]1C(=O)N[C@H]1C[C@H]2C[C@@H]([C@@H]1C)C2(C)C. The maximum atomic E-state index is 14.1. The number of carbonyl (C=O) groups is 1. The molecule has 3 aliphatic carbocycles. The Morgan fingerprint density at radius 2 is 1.69 bits per heavy atom. The Morgan fingerprint density at radius 3 is 2.39 bits per heavy atom. The third-order valence-corrected chi connectivity index (χ3v) is 12.2. The first-order valence-corrected chi connectivity index (χ1v) is 18.5. The average molecular weight is 667 g/mol. The second-order valence-corrected chi connectivity index (χ2v) is 15.8. The highest BCUT2D eigenvalue weighted by atomic mass is 16.7. The zero-order valence-corrected chi connectivity index (χ0v) is 30.5. The number of amides is 1. The number of aliphatic hydroxyl groups excluding tert-OH is 1. The van der Waals surface area contributed by atoms with Crippen LogP contribution in [-0.2, 0) is 29.3 Å². The molecule has 7 rings (SSSR count). The Morgan fingerprint density at radius 1 is 0.959 bits per heavy atom. The van der Waals surface area contributed by atoms with Crippen LogP contribution in [0, 0.1) is 29.1 Å². The van der Waals surface area contributed by atoms with Crippen molar-refractivity contribution in [3.8, 4) is 11.1 Å². The fraction of sp³-hybridized carbons (Fsp3) is 0.548. The van der Waals surface area contributed by atoms with Crippen LogP contribution < -0.4 is 5.32 Å². The molecule has 4 fully saturated rings. The average Bonchev–Trinajstić information content (AvgIpc) is 3.45. The van der Waals surface area contributed by atoms with E-state index in [1.54, 1.807) is 0 Å². The van der Waals surface area contributed by atoms with Crippen molar-refractivity contribution in [2.24, 2.45) is 29.1 Å². The number of carbonyl (C=O) groups excluding carboxylic acids is 1. The topological polar surface area (TPSA) is 68.3 Å². The molecule has 0 unspecified atom stereocenters. The number of hydrogen-bond donors (Lipinski definition) is 2. The van der Waals surface area contributed by atoms with Crippen molar-refractivity contribution in [3.63, 3.8) is 0 Å². The molecule has 3 saturated carbocycles. The summed E-state index contributed by atoms with van der Waals surface area (Å²) in [6.45, 7) is 13.2. The number of nitrogens with zero attached hydrogens (tertiary/aromatic N) is 3. The van der Waals surface area contributed by atoms with Gasteiger partial charge in [0.2, 0.25) is 5.91 Å². The van der Waals surface area contributed by atoms with Gasteiger partial charge in [-0.25, -0.2) is 0 Å². The molecular formula is C42H58N4O3. The van der Waals surface area contributed by atoms with Gasteiger partial charge in [-0.3, -0.25) is 14.5 Å². The van der Waals surface area contributed by atoms with Crippen LogP contribution >= 0.6 is 0 Å². The number of hydrogen-bond acceptors (Lipinski definition) is 6. The van der Waals surface area contributed by atoms with Gasteiger partial charge in [0, 0.05) is 38.1 Å². The van der Waals surface area contributed by atoms with Crippen molar-refractivity contribution in [1.29, 1.82) is 0 Å². The van der Waals surface area contributed by atoms with Crippen molar-refractivity contribution in [3.05, 3.63) is 95.6 Å². The van der Waals surface area contributed by atoms with Crippen molar-refractivity contribution >= 4 is 5.91 Å². The smallest absolute Gasteiger partial charge is 0.240 e. The molecular weight excluding hydrogens is 608 g/mol. The van der Waals surface area contributed by atoms with E-state index in [0.717, 1.165) is 44.6 Å². The number of fused-ring (bicyclic) bond motifs is 2. The lowest BCUT2D eigenvalue weighted by Crippen LogP contribution is -2.62. The summed E-state index contributed by atoms with van der Waals surface area (Å²) in [5.41, 5.74) is 6.54. The summed E-state index contributed by atoms with van der Waals surface area (Å²) in [6.07, 6.45) is 2.72. The number of benzene rings is 3. The largest absolute Gasteiger partial charge is 0.394 e. The van der Waals surface area contributed by atoms with Crippen LogP contribution in [0.15, 0.2) is 78.9 Å². The molecule has 264 valence electrons. The van der Waals surface area contributed by atoms with Crippen molar-refractivity contribution < 1.29 is 14.7 Å². The minimum Gasteiger partial charge on any atom is -0.394 e. The zero-order valence-electron chi connectivity index (χ0n) is 30.5.